The minimum absolute atomic E-state index is 0.0170. The van der Waals surface area contributed by atoms with Crippen molar-refractivity contribution in [3.63, 3.8) is 0 Å². The first-order valence-corrected chi connectivity index (χ1v) is 35.3. The van der Waals surface area contributed by atoms with Crippen LogP contribution in [0.25, 0.3) is 16.7 Å². The van der Waals surface area contributed by atoms with Gasteiger partial charge in [-0.25, -0.2) is 51.2 Å². The zero-order valence-corrected chi connectivity index (χ0v) is 50.1. The van der Waals surface area contributed by atoms with Gasteiger partial charge in [0, 0.05) is 90.7 Å². The van der Waals surface area contributed by atoms with Crippen molar-refractivity contribution in [1.29, 1.82) is 0 Å². The van der Waals surface area contributed by atoms with Gasteiger partial charge in [0.1, 0.15) is 53.5 Å². The minimum Gasteiger partial charge on any atom is -0.455 e. The van der Waals surface area contributed by atoms with E-state index >= 15 is 0 Å². The SMILES string of the molecule is Nc1ncnc2c1ncn2[C@@H]1O[C@H](COP(=O)(O)OP(=O)(O)NP(=O)(O)O)[C@@H](O)[C@H]1OC(=O)NCCNC(=O)CCCCCNS(=O)(=O)c1ccc(C2=c3cc4c5c(c3Oc3c2cc2c6c3CCCN6CCC2)CCC[N+]=5CCC4)c(S(=O)(=O)O)c1. The maximum Gasteiger partial charge on any atom is 0.480 e. The maximum atomic E-state index is 13.9. The molecule has 6 atom stereocenters. The number of nitrogens with zero attached hydrogens (tertiary/aromatic N) is 6. The summed E-state index contributed by atoms with van der Waals surface area (Å²) in [7, 11) is -26.1. The summed E-state index contributed by atoms with van der Waals surface area (Å²) in [6.07, 6.45) is 2.41. The van der Waals surface area contributed by atoms with Gasteiger partial charge in [-0.1, -0.05) is 12.5 Å². The molecule has 0 bridgehead atoms. The smallest absolute Gasteiger partial charge is 0.455 e. The van der Waals surface area contributed by atoms with Gasteiger partial charge in [-0.15, -0.1) is 4.86 Å². The molecule has 31 nitrogen and oxygen atoms in total. The van der Waals surface area contributed by atoms with Crippen molar-refractivity contribution in [2.45, 2.75) is 111 Å². The lowest BCUT2D eigenvalue weighted by Crippen LogP contribution is -2.45. The molecule has 86 heavy (non-hydrogen) atoms. The Hall–Kier alpha value is -5.83. The second kappa shape index (κ2) is 24.3. The Morgan fingerprint density at radius 3 is 2.34 bits per heavy atom. The first-order valence-electron chi connectivity index (χ1n) is 27.6. The lowest BCUT2D eigenvalue weighted by molar-refractivity contribution is -0.121. The number of phosphoric acid groups is 1. The Kier molecular flexibility index (Phi) is 17.4. The van der Waals surface area contributed by atoms with Gasteiger partial charge < -0.3 is 60.2 Å². The molecule has 36 heteroatoms. The lowest BCUT2D eigenvalue weighted by Gasteiger charge is -2.39. The molecule has 8 heterocycles. The predicted molar refractivity (Wildman–Crippen MR) is 303 cm³/mol. The molecule has 0 radical (unpaired) electrons. The van der Waals surface area contributed by atoms with Gasteiger partial charge in [0.2, 0.25) is 21.3 Å². The third-order valence-corrected chi connectivity index (χ3v) is 22.3. The number of benzene rings is 3. The van der Waals surface area contributed by atoms with Crippen molar-refractivity contribution in [2.24, 2.45) is 0 Å². The van der Waals surface area contributed by atoms with Gasteiger partial charge in [-0.3, -0.25) is 18.4 Å². The number of nitrogens with two attached hydrogens (primary N) is 1. The Morgan fingerprint density at radius 1 is 0.837 bits per heavy atom. The molecule has 2 aromatic heterocycles. The van der Waals surface area contributed by atoms with Crippen LogP contribution in [-0.4, -0.2) is 148 Å². The standard InChI is InChI=1S/C50H62N11O20P3S2/c51-47-40-48(55-26-54-47)61(27-56-40)49-46(43(63)36(78-49)25-77-84(70,71)81-83(68,69)58-82(65,66)67)80-50(64)53-17-16-52-38(62)12-2-1-3-15-57-85(72,73)30-13-14-31(37(24-30)86(74,75)76)39-34-22-28-8-4-18-59-20-6-10-32(41(28)59)44(34)79-45-33-11-7-21-60-19-5-9-29(42(33)60)23-35(39)45/h13-14,22-24,26-27,36,43,46,49,57,63H,1-12,15-21,25H2,(H9-,51,52,53,54,55,58,62,64,65,66,67,68,69,70,71,74,75,76)/p+1/t36-,43-,46-,49-/m1/s1. The monoisotopic (exact) mass is 1290 g/mol. The van der Waals surface area contributed by atoms with Gasteiger partial charge in [0.25, 0.3) is 10.1 Å². The first-order chi connectivity index (χ1) is 40.8. The fraction of sp³-hybridized carbons (Fsp3) is 0.480. The summed E-state index contributed by atoms with van der Waals surface area (Å²) in [5, 5.41) is 18.1. The number of imidazole rings is 1. The number of hydrogen-bond acceptors (Lipinski definition) is 20. The quantitative estimate of drug-likeness (QED) is 0.0196. The number of aryl methyl sites for hydroxylation is 2. The molecule has 1 saturated heterocycles. The summed E-state index contributed by atoms with van der Waals surface area (Å²) in [5.41, 5.74) is 13.0. The minimum atomic E-state index is -5.64. The van der Waals surface area contributed by atoms with E-state index in [1.165, 1.54) is 27.7 Å². The summed E-state index contributed by atoms with van der Waals surface area (Å²) in [6, 6.07) is 7.97. The van der Waals surface area contributed by atoms with Gasteiger partial charge in [-0.05, 0) is 81.2 Å². The van der Waals surface area contributed by atoms with E-state index in [1.807, 2.05) is 0 Å². The molecule has 0 spiro atoms. The summed E-state index contributed by atoms with van der Waals surface area (Å²) < 4.78 is 134. The summed E-state index contributed by atoms with van der Waals surface area (Å²) in [6.45, 7) is 2.27. The predicted octanol–water partition coefficient (Wildman–Crippen LogP) is 1.02. The summed E-state index contributed by atoms with van der Waals surface area (Å²) in [4.78, 5) is 77.7. The summed E-state index contributed by atoms with van der Waals surface area (Å²) >= 11 is 0. The number of hydrogen-bond donors (Lipinski definition) is 11. The van der Waals surface area contributed by atoms with E-state index in [4.69, 9.17) is 29.7 Å². The molecule has 2 unspecified atom stereocenters. The van der Waals surface area contributed by atoms with Crippen LogP contribution in [0.3, 0.4) is 0 Å². The van der Waals surface area contributed by atoms with Crippen molar-refractivity contribution in [3.8, 4) is 11.5 Å². The zero-order valence-electron chi connectivity index (χ0n) is 45.8. The number of nitrogens with one attached hydrogen (secondary N) is 4. The van der Waals surface area contributed by atoms with Crippen LogP contribution in [0.4, 0.5) is 16.3 Å². The number of sulfonamides is 1. The number of anilines is 2. The van der Waals surface area contributed by atoms with Crippen molar-refractivity contribution in [2.75, 3.05) is 63.1 Å². The third kappa shape index (κ3) is 13.0. The van der Waals surface area contributed by atoms with Crippen molar-refractivity contribution >= 4 is 83.7 Å². The number of alkyl carbamates (subject to hydrolysis) is 1. The number of aromatic nitrogens is 4. The highest BCUT2D eigenvalue weighted by Gasteiger charge is 2.50. The zero-order chi connectivity index (χ0) is 61.1. The van der Waals surface area contributed by atoms with Crippen LogP contribution in [0.2, 0.25) is 0 Å². The number of ether oxygens (including phenoxy) is 3. The second-order valence-corrected chi connectivity index (χ2v) is 29.4. The van der Waals surface area contributed by atoms with Gasteiger partial charge in [0.15, 0.2) is 23.8 Å². The number of phosphoric ester groups is 1. The number of fused-ring (bicyclic) bond motifs is 5. The lowest BCUT2D eigenvalue weighted by atomic mass is 9.82. The normalized spacial score (nSPS) is 21.3. The van der Waals surface area contributed by atoms with Crippen molar-refractivity contribution < 1.29 is 92.4 Å². The fourth-order valence-corrected chi connectivity index (χ4v) is 17.5. The topological polar surface area (TPSA) is 445 Å². The number of carbonyl (C=O) groups excluding carboxylic acids is 2. The maximum absolute atomic E-state index is 13.9. The van der Waals surface area contributed by atoms with Gasteiger partial charge in [0.05, 0.1) is 23.4 Å². The first kappa shape index (κ1) is 61.8. The van der Waals surface area contributed by atoms with E-state index in [0.717, 1.165) is 123 Å². The van der Waals surface area contributed by atoms with Crippen LogP contribution >= 0.6 is 23.3 Å². The largest absolute Gasteiger partial charge is 0.480 e. The number of amides is 2. The molecule has 6 aliphatic heterocycles. The number of unbranched alkanes of at least 4 members (excludes halogenated alkanes) is 2. The molecular formula is C50H63N11O20P3S2+. The number of nitrogen functional groups attached to an aromatic ring is 1. The molecule has 464 valence electrons. The highest BCUT2D eigenvalue weighted by molar-refractivity contribution is 7.89. The van der Waals surface area contributed by atoms with Crippen molar-refractivity contribution in [3.05, 3.63) is 86.9 Å². The summed E-state index contributed by atoms with van der Waals surface area (Å²) in [5.74, 6) is 0.863. The van der Waals surface area contributed by atoms with E-state index in [0.29, 0.717) is 40.7 Å². The van der Waals surface area contributed by atoms with Crippen LogP contribution in [0, 0.1) is 0 Å². The number of rotatable bonds is 22. The van der Waals surface area contributed by atoms with E-state index in [-0.39, 0.29) is 59.9 Å². The number of carbonyl (C=O) groups is 2. The van der Waals surface area contributed by atoms with Crippen LogP contribution in [-0.2, 0) is 82.6 Å². The van der Waals surface area contributed by atoms with Crippen LogP contribution in [0.15, 0.2) is 52.8 Å². The molecule has 0 saturated carbocycles. The molecular weight excluding hydrogens is 1230 g/mol. The Labute approximate surface area is 491 Å². The average Bonchev–Trinajstić information content (AvgIpc) is 0.915. The Balaban J connectivity index is 0.698. The molecule has 11 rings (SSSR count). The van der Waals surface area contributed by atoms with E-state index < -0.39 is 91.5 Å². The van der Waals surface area contributed by atoms with Crippen molar-refractivity contribution in [1.82, 2.24) is 44.3 Å². The number of aliphatic hydroxyl groups is 1. The average molecular weight is 1300 g/mol. The highest BCUT2D eigenvalue weighted by Crippen LogP contribution is 2.61. The second-order valence-electron chi connectivity index (χ2n) is 21.5. The molecule has 6 aliphatic rings. The Bertz CT molecular complexity index is 4090. The molecule has 5 aromatic rings. The van der Waals surface area contributed by atoms with Crippen LogP contribution in [0.5, 0.6) is 11.5 Å². The molecule has 3 aromatic carbocycles. The van der Waals surface area contributed by atoms with E-state index in [1.54, 1.807) is 0 Å². The van der Waals surface area contributed by atoms with E-state index in [9.17, 15) is 59.6 Å². The fourth-order valence-electron chi connectivity index (χ4n) is 12.2. The third-order valence-electron chi connectivity index (χ3n) is 15.7. The van der Waals surface area contributed by atoms with Crippen LogP contribution < -0.4 is 50.7 Å². The Morgan fingerprint density at radius 2 is 1.57 bits per heavy atom. The van der Waals surface area contributed by atoms with Gasteiger partial charge in [-0.2, -0.15) is 12.7 Å². The van der Waals surface area contributed by atoms with E-state index in [2.05, 4.69) is 60.8 Å². The number of aliphatic hydroxyl groups excluding tert-OH is 1. The molecule has 1 fully saturated rings. The highest BCUT2D eigenvalue weighted by atomic mass is 32.2. The molecule has 0 aliphatic carbocycles. The van der Waals surface area contributed by atoms with Crippen LogP contribution in [0.1, 0.15) is 91.0 Å². The molecule has 12 N–H and O–H groups in total. The molecule has 2 amide bonds. The van der Waals surface area contributed by atoms with Gasteiger partial charge >= 0.3 is 29.4 Å².